The van der Waals surface area contributed by atoms with Gasteiger partial charge in [0.05, 0.1) is 0 Å². The molecule has 0 bridgehead atoms. The predicted octanol–water partition coefficient (Wildman–Crippen LogP) is 1.84. The number of hydrogen-bond donors (Lipinski definition) is 0. The largest absolute Gasteiger partial charge is 0.161 e. The van der Waals surface area contributed by atoms with Gasteiger partial charge in [0.25, 0.3) is 0 Å². The van der Waals surface area contributed by atoms with Crippen molar-refractivity contribution < 1.29 is 0 Å². The molecule has 1 aliphatic rings. The van der Waals surface area contributed by atoms with Crippen LogP contribution in [0.15, 0.2) is 0 Å². The molecule has 0 saturated carbocycles. The van der Waals surface area contributed by atoms with Crippen LogP contribution in [-0.4, -0.2) is 30.5 Å². The average Bonchev–Trinajstić information content (AvgIpc) is 1.69. The summed E-state index contributed by atoms with van der Waals surface area (Å²) in [5, 5.41) is 0. The first-order chi connectivity index (χ1) is 3.39. The van der Waals surface area contributed by atoms with E-state index < -0.39 is 0 Å². The number of hydrogen-bond acceptors (Lipinski definition) is 1. The maximum atomic E-state index is 2.41. The third-order valence-corrected chi connectivity index (χ3v) is 4.80. The lowest BCUT2D eigenvalue weighted by Crippen LogP contribution is -2.01. The second kappa shape index (κ2) is 2.94. The standard InChI is InChI=1S/C5H11PS/c1-6-2-4-7-5-3-6/h2-5H2,1H3. The number of thioether (sulfide) groups is 1. The highest BCUT2D eigenvalue weighted by atomic mass is 32.2. The lowest BCUT2D eigenvalue weighted by molar-refractivity contribution is 1.38. The zero-order valence-electron chi connectivity index (χ0n) is 4.68. The van der Waals surface area contributed by atoms with Gasteiger partial charge in [-0.2, -0.15) is 11.8 Å². The van der Waals surface area contributed by atoms with Crippen molar-refractivity contribution in [2.75, 3.05) is 30.5 Å². The molecule has 0 aliphatic carbocycles. The van der Waals surface area contributed by atoms with Crippen LogP contribution in [0.5, 0.6) is 0 Å². The van der Waals surface area contributed by atoms with Crippen molar-refractivity contribution in [3.05, 3.63) is 0 Å². The number of rotatable bonds is 0. The molecule has 0 radical (unpaired) electrons. The first kappa shape index (κ1) is 5.91. The molecule has 42 valence electrons. The van der Waals surface area contributed by atoms with Crippen LogP contribution in [-0.2, 0) is 0 Å². The monoisotopic (exact) mass is 134 g/mol. The van der Waals surface area contributed by atoms with Crippen LogP contribution in [0.3, 0.4) is 0 Å². The van der Waals surface area contributed by atoms with Gasteiger partial charge in [-0.15, -0.1) is 7.92 Å². The van der Waals surface area contributed by atoms with E-state index in [9.17, 15) is 0 Å². The van der Waals surface area contributed by atoms with E-state index in [0.29, 0.717) is 7.92 Å². The Labute approximate surface area is 50.8 Å². The molecule has 1 fully saturated rings. The van der Waals surface area contributed by atoms with Gasteiger partial charge in [-0.25, -0.2) is 0 Å². The third-order valence-electron chi connectivity index (χ3n) is 1.23. The molecule has 0 amide bonds. The Kier molecular flexibility index (Phi) is 2.48. The Morgan fingerprint density at radius 2 is 1.86 bits per heavy atom. The van der Waals surface area contributed by atoms with Crippen LogP contribution in [0.25, 0.3) is 0 Å². The Morgan fingerprint density at radius 1 is 1.29 bits per heavy atom. The zero-order valence-corrected chi connectivity index (χ0v) is 6.39. The molecule has 0 unspecified atom stereocenters. The summed E-state index contributed by atoms with van der Waals surface area (Å²) in [4.78, 5) is 0. The van der Waals surface area contributed by atoms with E-state index in [4.69, 9.17) is 0 Å². The molecule has 0 atom stereocenters. The van der Waals surface area contributed by atoms with Crippen molar-refractivity contribution in [3.63, 3.8) is 0 Å². The van der Waals surface area contributed by atoms with Crippen molar-refractivity contribution >= 4 is 19.7 Å². The van der Waals surface area contributed by atoms with Crippen LogP contribution in [0, 0.1) is 0 Å². The van der Waals surface area contributed by atoms with Crippen molar-refractivity contribution in [2.24, 2.45) is 0 Å². The Hall–Kier alpha value is 0.780. The van der Waals surface area contributed by atoms with Gasteiger partial charge in [-0.3, -0.25) is 0 Å². The van der Waals surface area contributed by atoms with Crippen LogP contribution in [0.4, 0.5) is 0 Å². The maximum absolute atomic E-state index is 2.41. The summed E-state index contributed by atoms with van der Waals surface area (Å²) in [6, 6.07) is 0. The summed E-state index contributed by atoms with van der Waals surface area (Å²) in [5.74, 6) is 2.87. The smallest absolute Gasteiger partial charge is 0.00281 e. The van der Waals surface area contributed by atoms with E-state index in [-0.39, 0.29) is 0 Å². The van der Waals surface area contributed by atoms with Gasteiger partial charge in [0, 0.05) is 0 Å². The molecule has 2 heteroatoms. The Bertz CT molecular complexity index is 50.0. The predicted molar refractivity (Wildman–Crippen MR) is 39.9 cm³/mol. The lowest BCUT2D eigenvalue weighted by atomic mass is 10.9. The summed E-state index contributed by atoms with van der Waals surface area (Å²) in [6.07, 6.45) is 3.03. The van der Waals surface area contributed by atoms with Gasteiger partial charge < -0.3 is 0 Å². The third kappa shape index (κ3) is 2.01. The second-order valence-electron chi connectivity index (χ2n) is 1.92. The molecule has 1 aliphatic heterocycles. The van der Waals surface area contributed by atoms with E-state index >= 15 is 0 Å². The Morgan fingerprint density at radius 3 is 2.14 bits per heavy atom. The van der Waals surface area contributed by atoms with Crippen molar-refractivity contribution in [1.29, 1.82) is 0 Å². The van der Waals surface area contributed by atoms with Crippen LogP contribution < -0.4 is 0 Å². The molecule has 0 nitrogen and oxygen atoms in total. The van der Waals surface area contributed by atoms with E-state index in [2.05, 4.69) is 18.4 Å². The first-order valence-corrected chi connectivity index (χ1v) is 5.97. The zero-order chi connectivity index (χ0) is 5.11. The molecule has 0 spiro atoms. The van der Waals surface area contributed by atoms with Crippen molar-refractivity contribution in [2.45, 2.75) is 0 Å². The molecule has 0 aromatic rings. The second-order valence-corrected chi connectivity index (χ2v) is 5.75. The summed E-state index contributed by atoms with van der Waals surface area (Å²) in [7, 11) is 0.488. The molecule has 1 rings (SSSR count). The van der Waals surface area contributed by atoms with E-state index in [1.54, 1.807) is 0 Å². The SMILES string of the molecule is CP1CCSCC1. The molecular weight excluding hydrogens is 123 g/mol. The maximum Gasteiger partial charge on any atom is -0.00281 e. The normalized spacial score (nSPS) is 25.3. The molecule has 0 N–H and O–H groups in total. The van der Waals surface area contributed by atoms with Gasteiger partial charge in [0.15, 0.2) is 0 Å². The average molecular weight is 134 g/mol. The molecular formula is C5H11PS. The fourth-order valence-corrected chi connectivity index (χ4v) is 4.61. The summed E-state index contributed by atoms with van der Waals surface area (Å²) < 4.78 is 0. The summed E-state index contributed by atoms with van der Waals surface area (Å²) in [6.45, 7) is 2.41. The van der Waals surface area contributed by atoms with Crippen molar-refractivity contribution in [1.82, 2.24) is 0 Å². The fraction of sp³-hybridized carbons (Fsp3) is 1.00. The summed E-state index contributed by atoms with van der Waals surface area (Å²) >= 11 is 2.11. The minimum atomic E-state index is 0.488. The van der Waals surface area contributed by atoms with Gasteiger partial charge in [-0.1, -0.05) is 0 Å². The summed E-state index contributed by atoms with van der Waals surface area (Å²) in [5.41, 5.74) is 0. The first-order valence-electron chi connectivity index (χ1n) is 2.66. The molecule has 0 aromatic carbocycles. The van der Waals surface area contributed by atoms with Crippen LogP contribution in [0.2, 0.25) is 0 Å². The topological polar surface area (TPSA) is 0 Å². The highest BCUT2D eigenvalue weighted by molar-refractivity contribution is 8.00. The fourth-order valence-electron chi connectivity index (χ4n) is 0.655. The minimum absolute atomic E-state index is 0.488. The van der Waals surface area contributed by atoms with Gasteiger partial charge in [0.1, 0.15) is 0 Å². The van der Waals surface area contributed by atoms with E-state index in [1.807, 2.05) is 0 Å². The quantitative estimate of drug-likeness (QED) is 0.455. The van der Waals surface area contributed by atoms with Crippen molar-refractivity contribution in [3.8, 4) is 0 Å². The molecule has 0 aromatic heterocycles. The van der Waals surface area contributed by atoms with Gasteiger partial charge in [0.2, 0.25) is 0 Å². The lowest BCUT2D eigenvalue weighted by Gasteiger charge is -2.16. The van der Waals surface area contributed by atoms with Crippen LogP contribution >= 0.6 is 19.7 Å². The van der Waals surface area contributed by atoms with E-state index in [0.717, 1.165) is 0 Å². The molecule has 7 heavy (non-hydrogen) atoms. The highest BCUT2D eigenvalue weighted by Gasteiger charge is 2.05. The molecule has 1 saturated heterocycles. The highest BCUT2D eigenvalue weighted by Crippen LogP contribution is 2.35. The molecule has 1 heterocycles. The van der Waals surface area contributed by atoms with Gasteiger partial charge in [-0.05, 0) is 30.5 Å². The van der Waals surface area contributed by atoms with E-state index in [1.165, 1.54) is 23.8 Å². The minimum Gasteiger partial charge on any atom is -0.161 e. The van der Waals surface area contributed by atoms with Gasteiger partial charge >= 0.3 is 0 Å². The Balaban J connectivity index is 2.12. The van der Waals surface area contributed by atoms with Crippen LogP contribution in [0.1, 0.15) is 0 Å².